The fourth-order valence-electron chi connectivity index (χ4n) is 2.19. The van der Waals surface area contributed by atoms with E-state index in [1.54, 1.807) is 6.92 Å². The van der Waals surface area contributed by atoms with Crippen molar-refractivity contribution in [3.8, 4) is 0 Å². The van der Waals surface area contributed by atoms with E-state index in [9.17, 15) is 4.79 Å². The van der Waals surface area contributed by atoms with E-state index in [2.05, 4.69) is 4.98 Å². The largest absolute Gasteiger partial charge is 0.476 e. The molecule has 6 heteroatoms. The minimum atomic E-state index is -0.978. The monoisotopic (exact) mass is 271 g/mol. The minimum absolute atomic E-state index is 0.139. The summed E-state index contributed by atoms with van der Waals surface area (Å²) in [6, 6.07) is 0. The molecular formula is C12H17NO4S. The summed E-state index contributed by atoms with van der Waals surface area (Å²) in [5.74, 6) is -0.978. The number of aryl methyl sites for hydroxylation is 1. The Hall–Kier alpha value is -0.980. The van der Waals surface area contributed by atoms with Crippen molar-refractivity contribution >= 4 is 17.3 Å². The van der Waals surface area contributed by atoms with Gasteiger partial charge in [-0.2, -0.15) is 0 Å². The van der Waals surface area contributed by atoms with Crippen LogP contribution in [0.15, 0.2) is 0 Å². The van der Waals surface area contributed by atoms with Crippen LogP contribution in [0.1, 0.15) is 40.1 Å². The fraction of sp³-hybridized carbons (Fsp3) is 0.667. The van der Waals surface area contributed by atoms with Crippen molar-refractivity contribution in [2.24, 2.45) is 0 Å². The zero-order valence-electron chi connectivity index (χ0n) is 10.6. The van der Waals surface area contributed by atoms with E-state index in [1.165, 1.54) is 11.3 Å². The molecule has 2 rings (SSSR count). The highest BCUT2D eigenvalue weighted by atomic mass is 32.1. The van der Waals surface area contributed by atoms with Crippen LogP contribution in [-0.4, -0.2) is 35.9 Å². The zero-order chi connectivity index (χ0) is 13.2. The molecule has 1 aliphatic heterocycles. The molecule has 1 N–H and O–H groups in total. The van der Waals surface area contributed by atoms with Crippen molar-refractivity contribution < 1.29 is 19.4 Å². The summed E-state index contributed by atoms with van der Waals surface area (Å²) >= 11 is 1.42. The SMILES string of the molecule is CCOC1(c2nc(C(=O)O)c(C)s2)CCOCC1. The number of ether oxygens (including phenoxy) is 2. The Morgan fingerprint density at radius 1 is 1.56 bits per heavy atom. The van der Waals surface area contributed by atoms with Gasteiger partial charge in [0.2, 0.25) is 0 Å². The second-order valence-electron chi connectivity index (χ2n) is 4.27. The summed E-state index contributed by atoms with van der Waals surface area (Å²) in [5.41, 5.74) is -0.323. The van der Waals surface area contributed by atoms with Gasteiger partial charge in [-0.1, -0.05) is 0 Å². The van der Waals surface area contributed by atoms with Crippen LogP contribution in [0.25, 0.3) is 0 Å². The van der Waals surface area contributed by atoms with Crippen LogP contribution in [0.3, 0.4) is 0 Å². The van der Waals surface area contributed by atoms with Gasteiger partial charge in [-0.05, 0) is 13.8 Å². The minimum Gasteiger partial charge on any atom is -0.476 e. The smallest absolute Gasteiger partial charge is 0.355 e. The lowest BCUT2D eigenvalue weighted by atomic mass is 9.95. The van der Waals surface area contributed by atoms with Gasteiger partial charge in [0, 0.05) is 37.5 Å². The molecule has 0 aliphatic carbocycles. The van der Waals surface area contributed by atoms with Gasteiger partial charge in [0.15, 0.2) is 5.69 Å². The molecule has 18 heavy (non-hydrogen) atoms. The van der Waals surface area contributed by atoms with Crippen molar-refractivity contribution in [3.63, 3.8) is 0 Å². The normalized spacial score (nSPS) is 18.8. The van der Waals surface area contributed by atoms with Crippen molar-refractivity contribution in [3.05, 3.63) is 15.6 Å². The Kier molecular flexibility index (Phi) is 3.99. The van der Waals surface area contributed by atoms with Crippen LogP contribution in [-0.2, 0) is 15.1 Å². The molecule has 0 atom stereocenters. The quantitative estimate of drug-likeness (QED) is 0.909. The molecule has 1 aromatic rings. The first-order valence-electron chi connectivity index (χ1n) is 6.02. The van der Waals surface area contributed by atoms with Crippen molar-refractivity contribution in [2.75, 3.05) is 19.8 Å². The second kappa shape index (κ2) is 5.34. The maximum atomic E-state index is 11.1. The van der Waals surface area contributed by atoms with Crippen molar-refractivity contribution in [2.45, 2.75) is 32.3 Å². The lowest BCUT2D eigenvalue weighted by Crippen LogP contribution is -2.36. The predicted molar refractivity (Wildman–Crippen MR) is 67.2 cm³/mol. The molecule has 1 aromatic heterocycles. The molecule has 1 aliphatic rings. The molecule has 1 saturated heterocycles. The van der Waals surface area contributed by atoms with Gasteiger partial charge in [0.05, 0.1) is 0 Å². The van der Waals surface area contributed by atoms with Crippen LogP contribution in [0.2, 0.25) is 0 Å². The van der Waals surface area contributed by atoms with Gasteiger partial charge in [0.1, 0.15) is 10.6 Å². The summed E-state index contributed by atoms with van der Waals surface area (Å²) in [7, 11) is 0. The van der Waals surface area contributed by atoms with Gasteiger partial charge in [-0.15, -0.1) is 11.3 Å². The fourth-order valence-corrected chi connectivity index (χ4v) is 3.29. The molecule has 0 saturated carbocycles. The molecule has 0 bridgehead atoms. The first-order valence-corrected chi connectivity index (χ1v) is 6.83. The lowest BCUT2D eigenvalue weighted by molar-refractivity contribution is -0.112. The number of thiazole rings is 1. The van der Waals surface area contributed by atoms with E-state index >= 15 is 0 Å². The van der Waals surface area contributed by atoms with Crippen LogP contribution >= 0.6 is 11.3 Å². The lowest BCUT2D eigenvalue weighted by Gasteiger charge is -2.35. The van der Waals surface area contributed by atoms with Crippen LogP contribution < -0.4 is 0 Å². The second-order valence-corrected chi connectivity index (χ2v) is 5.47. The van der Waals surface area contributed by atoms with Gasteiger partial charge in [-0.3, -0.25) is 0 Å². The Balaban J connectivity index is 2.36. The molecule has 0 spiro atoms. The first kappa shape index (κ1) is 13.5. The number of hydrogen-bond donors (Lipinski definition) is 1. The molecule has 0 unspecified atom stereocenters. The molecule has 0 radical (unpaired) electrons. The number of hydrogen-bond acceptors (Lipinski definition) is 5. The Bertz CT molecular complexity index is 432. The number of carbonyl (C=O) groups is 1. The van der Waals surface area contributed by atoms with Gasteiger partial charge in [0.25, 0.3) is 0 Å². The predicted octanol–water partition coefficient (Wildman–Crippen LogP) is 2.19. The average Bonchev–Trinajstić information content (AvgIpc) is 2.74. The van der Waals surface area contributed by atoms with E-state index in [-0.39, 0.29) is 5.69 Å². The van der Waals surface area contributed by atoms with E-state index in [1.807, 2.05) is 6.92 Å². The van der Waals surface area contributed by atoms with E-state index in [0.717, 1.165) is 22.7 Å². The summed E-state index contributed by atoms with van der Waals surface area (Å²) in [6.07, 6.45) is 1.46. The summed E-state index contributed by atoms with van der Waals surface area (Å²) < 4.78 is 11.2. The number of carboxylic acid groups (broad SMARTS) is 1. The maximum Gasteiger partial charge on any atom is 0.355 e. The van der Waals surface area contributed by atoms with E-state index in [0.29, 0.717) is 19.8 Å². The van der Waals surface area contributed by atoms with Gasteiger partial charge < -0.3 is 14.6 Å². The van der Waals surface area contributed by atoms with Crippen molar-refractivity contribution in [1.29, 1.82) is 0 Å². The topological polar surface area (TPSA) is 68.7 Å². The molecule has 100 valence electrons. The molecule has 0 aromatic carbocycles. The number of aromatic nitrogens is 1. The summed E-state index contributed by atoms with van der Waals surface area (Å²) in [4.78, 5) is 16.0. The number of carboxylic acids is 1. The average molecular weight is 271 g/mol. The Labute approximate surface area is 110 Å². The maximum absolute atomic E-state index is 11.1. The van der Waals surface area contributed by atoms with E-state index in [4.69, 9.17) is 14.6 Å². The number of nitrogens with zero attached hydrogens (tertiary/aromatic N) is 1. The Morgan fingerprint density at radius 3 is 2.72 bits per heavy atom. The first-order chi connectivity index (χ1) is 8.59. The van der Waals surface area contributed by atoms with Gasteiger partial charge >= 0.3 is 5.97 Å². The third kappa shape index (κ3) is 2.41. The third-order valence-electron chi connectivity index (χ3n) is 3.11. The standard InChI is InChI=1S/C12H17NO4S/c1-3-17-12(4-6-16-7-5-12)11-13-9(10(14)15)8(2)18-11/h3-7H2,1-2H3,(H,14,15). The summed E-state index contributed by atoms with van der Waals surface area (Å²) in [5, 5.41) is 9.84. The molecular weight excluding hydrogens is 254 g/mol. The number of rotatable bonds is 4. The van der Waals surface area contributed by atoms with Crippen LogP contribution in [0, 0.1) is 6.92 Å². The highest BCUT2D eigenvalue weighted by molar-refractivity contribution is 7.12. The van der Waals surface area contributed by atoms with Crippen LogP contribution in [0.4, 0.5) is 0 Å². The summed E-state index contributed by atoms with van der Waals surface area (Å²) in [6.45, 7) is 5.56. The zero-order valence-corrected chi connectivity index (χ0v) is 11.4. The number of aromatic carboxylic acids is 1. The van der Waals surface area contributed by atoms with Gasteiger partial charge in [-0.25, -0.2) is 9.78 Å². The molecule has 5 nitrogen and oxygen atoms in total. The van der Waals surface area contributed by atoms with Crippen LogP contribution in [0.5, 0.6) is 0 Å². The molecule has 2 heterocycles. The molecule has 0 amide bonds. The Morgan fingerprint density at radius 2 is 2.22 bits per heavy atom. The molecule has 1 fully saturated rings. The third-order valence-corrected chi connectivity index (χ3v) is 4.27. The van der Waals surface area contributed by atoms with Crippen molar-refractivity contribution in [1.82, 2.24) is 4.98 Å². The van der Waals surface area contributed by atoms with E-state index < -0.39 is 11.6 Å². The highest BCUT2D eigenvalue weighted by Gasteiger charge is 2.39. The highest BCUT2D eigenvalue weighted by Crippen LogP contribution is 2.39.